The molecule has 0 aliphatic heterocycles. The SMILES string of the molecule is COc1cccc(C)c1N=C(C)c1ccccc1. The van der Waals surface area contributed by atoms with E-state index in [2.05, 4.69) is 12.1 Å². The quantitative estimate of drug-likeness (QED) is 0.737. The molecule has 0 spiro atoms. The minimum atomic E-state index is 0.810. The topological polar surface area (TPSA) is 21.6 Å². The third kappa shape index (κ3) is 2.59. The van der Waals surface area contributed by atoms with Crippen molar-refractivity contribution >= 4 is 11.4 Å². The normalized spacial score (nSPS) is 11.4. The molecule has 2 heteroatoms. The molecule has 2 aromatic rings. The lowest BCUT2D eigenvalue weighted by Crippen LogP contribution is -1.94. The first-order chi connectivity index (χ1) is 8.72. The zero-order valence-electron chi connectivity index (χ0n) is 11.0. The lowest BCUT2D eigenvalue weighted by molar-refractivity contribution is 0.416. The van der Waals surface area contributed by atoms with E-state index < -0.39 is 0 Å². The van der Waals surface area contributed by atoms with Crippen LogP contribution in [-0.4, -0.2) is 12.8 Å². The van der Waals surface area contributed by atoms with E-state index in [0.29, 0.717) is 0 Å². The minimum Gasteiger partial charge on any atom is -0.494 e. The minimum absolute atomic E-state index is 0.810. The molecular weight excluding hydrogens is 222 g/mol. The third-order valence-electron chi connectivity index (χ3n) is 2.89. The molecule has 0 unspecified atom stereocenters. The lowest BCUT2D eigenvalue weighted by Gasteiger charge is -2.08. The highest BCUT2D eigenvalue weighted by Gasteiger charge is 2.05. The fourth-order valence-corrected chi connectivity index (χ4v) is 1.85. The van der Waals surface area contributed by atoms with Gasteiger partial charge in [0.25, 0.3) is 0 Å². The fourth-order valence-electron chi connectivity index (χ4n) is 1.85. The van der Waals surface area contributed by atoms with Gasteiger partial charge in [-0.15, -0.1) is 0 Å². The summed E-state index contributed by atoms with van der Waals surface area (Å²) in [5.41, 5.74) is 4.14. The number of aryl methyl sites for hydroxylation is 1. The third-order valence-corrected chi connectivity index (χ3v) is 2.89. The predicted molar refractivity (Wildman–Crippen MR) is 76.0 cm³/mol. The molecule has 0 heterocycles. The molecule has 0 radical (unpaired) electrons. The zero-order chi connectivity index (χ0) is 13.0. The van der Waals surface area contributed by atoms with Crippen LogP contribution in [0.15, 0.2) is 53.5 Å². The summed E-state index contributed by atoms with van der Waals surface area (Å²) in [7, 11) is 1.67. The van der Waals surface area contributed by atoms with Crippen LogP contribution in [0.3, 0.4) is 0 Å². The van der Waals surface area contributed by atoms with Gasteiger partial charge in [0.05, 0.1) is 7.11 Å². The van der Waals surface area contributed by atoms with E-state index in [1.165, 1.54) is 0 Å². The molecular formula is C16H17NO. The van der Waals surface area contributed by atoms with Crippen molar-refractivity contribution in [2.75, 3.05) is 7.11 Å². The number of rotatable bonds is 3. The van der Waals surface area contributed by atoms with Gasteiger partial charge in [-0.05, 0) is 31.0 Å². The Hall–Kier alpha value is -2.09. The van der Waals surface area contributed by atoms with Crippen LogP contribution in [0.2, 0.25) is 0 Å². The van der Waals surface area contributed by atoms with Gasteiger partial charge in [0.15, 0.2) is 0 Å². The number of benzene rings is 2. The molecule has 0 fully saturated rings. The van der Waals surface area contributed by atoms with Crippen LogP contribution in [0, 0.1) is 6.92 Å². The maximum Gasteiger partial charge on any atom is 0.144 e. The number of methoxy groups -OCH3 is 1. The zero-order valence-corrected chi connectivity index (χ0v) is 11.0. The van der Waals surface area contributed by atoms with Crippen LogP contribution in [0.4, 0.5) is 5.69 Å². The summed E-state index contributed by atoms with van der Waals surface area (Å²) in [6.45, 7) is 4.06. The van der Waals surface area contributed by atoms with Crippen molar-refractivity contribution in [2.24, 2.45) is 4.99 Å². The molecule has 0 aliphatic rings. The Morgan fingerprint density at radius 1 is 1.00 bits per heavy atom. The molecule has 18 heavy (non-hydrogen) atoms. The molecule has 0 N–H and O–H groups in total. The smallest absolute Gasteiger partial charge is 0.144 e. The van der Waals surface area contributed by atoms with Gasteiger partial charge in [-0.25, -0.2) is 4.99 Å². The first-order valence-electron chi connectivity index (χ1n) is 5.96. The van der Waals surface area contributed by atoms with Crippen LogP contribution in [0.25, 0.3) is 0 Å². The van der Waals surface area contributed by atoms with E-state index in [1.807, 2.05) is 50.2 Å². The van der Waals surface area contributed by atoms with Gasteiger partial charge in [-0.2, -0.15) is 0 Å². The van der Waals surface area contributed by atoms with E-state index >= 15 is 0 Å². The maximum absolute atomic E-state index is 5.36. The Balaban J connectivity index is 2.45. The van der Waals surface area contributed by atoms with Gasteiger partial charge in [0.2, 0.25) is 0 Å². The summed E-state index contributed by atoms with van der Waals surface area (Å²) in [4.78, 5) is 4.69. The second-order valence-electron chi connectivity index (χ2n) is 4.19. The molecule has 0 amide bonds. The van der Waals surface area contributed by atoms with Gasteiger partial charge in [0, 0.05) is 5.71 Å². The summed E-state index contributed by atoms with van der Waals surface area (Å²) >= 11 is 0. The van der Waals surface area contributed by atoms with E-state index in [9.17, 15) is 0 Å². The molecule has 0 saturated carbocycles. The van der Waals surface area contributed by atoms with E-state index in [0.717, 1.165) is 28.3 Å². The van der Waals surface area contributed by atoms with Crippen LogP contribution in [-0.2, 0) is 0 Å². The lowest BCUT2D eigenvalue weighted by atomic mass is 10.1. The Kier molecular flexibility index (Phi) is 3.78. The van der Waals surface area contributed by atoms with Crippen LogP contribution < -0.4 is 4.74 Å². The monoisotopic (exact) mass is 239 g/mol. The van der Waals surface area contributed by atoms with E-state index in [-0.39, 0.29) is 0 Å². The summed E-state index contributed by atoms with van der Waals surface area (Å²) in [5.74, 6) is 0.810. The number of para-hydroxylation sites is 1. The molecule has 92 valence electrons. The Labute approximate surface area is 108 Å². The first kappa shape index (κ1) is 12.4. The van der Waals surface area contributed by atoms with Crippen LogP contribution in [0.1, 0.15) is 18.1 Å². The molecule has 0 bridgehead atoms. The Bertz CT molecular complexity index is 559. The highest BCUT2D eigenvalue weighted by molar-refractivity contribution is 6.00. The summed E-state index contributed by atoms with van der Waals surface area (Å²) in [6, 6.07) is 16.1. The standard InChI is InChI=1S/C16H17NO/c1-12-8-7-11-15(18-3)16(12)17-13(2)14-9-5-4-6-10-14/h4-11H,1-3H3. The van der Waals surface area contributed by atoms with E-state index in [1.54, 1.807) is 7.11 Å². The number of hydrogen-bond acceptors (Lipinski definition) is 2. The van der Waals surface area contributed by atoms with Gasteiger partial charge in [-0.3, -0.25) is 0 Å². The van der Waals surface area contributed by atoms with Crippen molar-refractivity contribution in [1.29, 1.82) is 0 Å². The van der Waals surface area contributed by atoms with Crippen molar-refractivity contribution < 1.29 is 4.74 Å². The molecule has 2 aromatic carbocycles. The number of ether oxygens (including phenoxy) is 1. The highest BCUT2D eigenvalue weighted by Crippen LogP contribution is 2.31. The van der Waals surface area contributed by atoms with Crippen LogP contribution >= 0.6 is 0 Å². The molecule has 0 aromatic heterocycles. The largest absolute Gasteiger partial charge is 0.494 e. The number of nitrogens with zero attached hydrogens (tertiary/aromatic N) is 1. The number of aliphatic imine (C=N–C) groups is 1. The summed E-state index contributed by atoms with van der Waals surface area (Å²) in [6.07, 6.45) is 0. The van der Waals surface area contributed by atoms with Gasteiger partial charge >= 0.3 is 0 Å². The molecule has 0 atom stereocenters. The average molecular weight is 239 g/mol. The van der Waals surface area contributed by atoms with Gasteiger partial charge in [-0.1, -0.05) is 42.5 Å². The second-order valence-corrected chi connectivity index (χ2v) is 4.19. The van der Waals surface area contributed by atoms with E-state index in [4.69, 9.17) is 9.73 Å². The van der Waals surface area contributed by atoms with Gasteiger partial charge in [0.1, 0.15) is 11.4 Å². The maximum atomic E-state index is 5.36. The van der Waals surface area contributed by atoms with Crippen molar-refractivity contribution in [2.45, 2.75) is 13.8 Å². The first-order valence-corrected chi connectivity index (χ1v) is 5.96. The van der Waals surface area contributed by atoms with Crippen molar-refractivity contribution in [3.63, 3.8) is 0 Å². The predicted octanol–water partition coefficient (Wildman–Crippen LogP) is 4.14. The average Bonchev–Trinajstić information content (AvgIpc) is 2.42. The van der Waals surface area contributed by atoms with Crippen molar-refractivity contribution in [3.8, 4) is 5.75 Å². The molecule has 0 aliphatic carbocycles. The van der Waals surface area contributed by atoms with Crippen molar-refractivity contribution in [3.05, 3.63) is 59.7 Å². The van der Waals surface area contributed by atoms with Gasteiger partial charge < -0.3 is 4.74 Å². The fraction of sp³-hybridized carbons (Fsp3) is 0.188. The summed E-state index contributed by atoms with van der Waals surface area (Å²) < 4.78 is 5.36. The molecule has 0 saturated heterocycles. The second kappa shape index (κ2) is 5.50. The van der Waals surface area contributed by atoms with Crippen LogP contribution in [0.5, 0.6) is 5.75 Å². The molecule has 2 nitrogen and oxygen atoms in total. The Morgan fingerprint density at radius 3 is 2.39 bits per heavy atom. The van der Waals surface area contributed by atoms with Crippen molar-refractivity contribution in [1.82, 2.24) is 0 Å². The Morgan fingerprint density at radius 2 is 1.72 bits per heavy atom. The highest BCUT2D eigenvalue weighted by atomic mass is 16.5. The summed E-state index contributed by atoms with van der Waals surface area (Å²) in [5, 5.41) is 0. The molecule has 2 rings (SSSR count). The number of hydrogen-bond donors (Lipinski definition) is 0.